The highest BCUT2D eigenvalue weighted by Crippen LogP contribution is 2.34. The van der Waals surface area contributed by atoms with Gasteiger partial charge >= 0.3 is 6.18 Å². The monoisotopic (exact) mass is 297 g/mol. The Morgan fingerprint density at radius 1 is 1.15 bits per heavy atom. The number of hydrogen-bond acceptors (Lipinski definition) is 3. The SMILES string of the molecule is FC(F)(F)c1ccc2c(n1)CC(c1ccncc1Cl)=N2. The van der Waals surface area contributed by atoms with Gasteiger partial charge in [0.2, 0.25) is 0 Å². The molecule has 0 saturated carbocycles. The fourth-order valence-corrected chi connectivity index (χ4v) is 2.22. The molecule has 3 heterocycles. The Labute approximate surface area is 117 Å². The van der Waals surface area contributed by atoms with Gasteiger partial charge in [-0.1, -0.05) is 11.6 Å². The lowest BCUT2D eigenvalue weighted by Gasteiger charge is -2.06. The molecule has 2 aromatic heterocycles. The number of aliphatic imine (C=N–C) groups is 1. The minimum absolute atomic E-state index is 0.225. The fourth-order valence-electron chi connectivity index (χ4n) is 1.99. The standard InChI is InChI=1S/C13H7ClF3N3/c14-8-6-18-4-3-7(8)10-5-11-9(19-10)1-2-12(20-11)13(15,16)17/h1-4,6H,5H2. The molecular formula is C13H7ClF3N3. The average molecular weight is 298 g/mol. The van der Waals surface area contributed by atoms with Crippen LogP contribution in [0.4, 0.5) is 18.9 Å². The van der Waals surface area contributed by atoms with E-state index in [1.54, 1.807) is 12.3 Å². The lowest BCUT2D eigenvalue weighted by Crippen LogP contribution is -2.09. The molecule has 2 aromatic rings. The molecule has 0 amide bonds. The molecule has 0 spiro atoms. The zero-order chi connectivity index (χ0) is 14.3. The van der Waals surface area contributed by atoms with Gasteiger partial charge in [0.15, 0.2) is 0 Å². The molecule has 0 unspecified atom stereocenters. The highest BCUT2D eigenvalue weighted by atomic mass is 35.5. The summed E-state index contributed by atoms with van der Waals surface area (Å²) in [7, 11) is 0. The first-order valence-electron chi connectivity index (χ1n) is 5.70. The minimum atomic E-state index is -4.45. The van der Waals surface area contributed by atoms with E-state index >= 15 is 0 Å². The Bertz CT molecular complexity index is 710. The highest BCUT2D eigenvalue weighted by Gasteiger charge is 2.33. The number of rotatable bonds is 1. The normalized spacial score (nSPS) is 14.1. The van der Waals surface area contributed by atoms with Gasteiger partial charge in [0, 0.05) is 24.4 Å². The first kappa shape index (κ1) is 13.1. The van der Waals surface area contributed by atoms with Crippen LogP contribution in [0.5, 0.6) is 0 Å². The molecule has 1 aliphatic rings. The molecule has 0 aromatic carbocycles. The van der Waals surface area contributed by atoms with Crippen molar-refractivity contribution in [1.82, 2.24) is 9.97 Å². The summed E-state index contributed by atoms with van der Waals surface area (Å²) < 4.78 is 37.8. The first-order chi connectivity index (χ1) is 9.45. The molecule has 7 heteroatoms. The fraction of sp³-hybridized carbons (Fsp3) is 0.154. The topological polar surface area (TPSA) is 38.1 Å². The van der Waals surface area contributed by atoms with E-state index in [2.05, 4.69) is 15.0 Å². The van der Waals surface area contributed by atoms with Gasteiger partial charge in [0.25, 0.3) is 0 Å². The number of nitrogens with zero attached hydrogens (tertiary/aromatic N) is 3. The largest absolute Gasteiger partial charge is 0.433 e. The van der Waals surface area contributed by atoms with Crippen molar-refractivity contribution in [3.05, 3.63) is 52.6 Å². The quantitative estimate of drug-likeness (QED) is 0.802. The van der Waals surface area contributed by atoms with Gasteiger partial charge in [-0.25, -0.2) is 4.98 Å². The van der Waals surface area contributed by atoms with Crippen molar-refractivity contribution in [2.24, 2.45) is 4.99 Å². The molecule has 0 N–H and O–H groups in total. The first-order valence-corrected chi connectivity index (χ1v) is 6.07. The maximum Gasteiger partial charge on any atom is 0.433 e. The lowest BCUT2D eigenvalue weighted by molar-refractivity contribution is -0.141. The summed E-state index contributed by atoms with van der Waals surface area (Å²) in [6.45, 7) is 0. The predicted octanol–water partition coefficient (Wildman–Crippen LogP) is 3.83. The van der Waals surface area contributed by atoms with Crippen molar-refractivity contribution in [2.75, 3.05) is 0 Å². The van der Waals surface area contributed by atoms with Crippen molar-refractivity contribution < 1.29 is 13.2 Å². The second-order valence-electron chi connectivity index (χ2n) is 4.25. The summed E-state index contributed by atoms with van der Waals surface area (Å²) in [6.07, 6.45) is -1.20. The molecule has 102 valence electrons. The number of aromatic nitrogens is 2. The zero-order valence-corrected chi connectivity index (χ0v) is 10.7. The van der Waals surface area contributed by atoms with E-state index < -0.39 is 11.9 Å². The lowest BCUT2D eigenvalue weighted by atomic mass is 10.1. The third-order valence-corrected chi connectivity index (χ3v) is 3.22. The number of halogens is 4. The van der Waals surface area contributed by atoms with E-state index in [1.807, 2.05) is 0 Å². The van der Waals surface area contributed by atoms with Crippen LogP contribution in [0.3, 0.4) is 0 Å². The van der Waals surface area contributed by atoms with Crippen molar-refractivity contribution in [3.8, 4) is 0 Å². The van der Waals surface area contributed by atoms with Gasteiger partial charge in [-0.05, 0) is 18.2 Å². The Balaban J connectivity index is 1.97. The second-order valence-corrected chi connectivity index (χ2v) is 4.66. The second kappa shape index (κ2) is 4.56. The molecule has 0 radical (unpaired) electrons. The summed E-state index contributed by atoms with van der Waals surface area (Å²) in [5.41, 5.74) is 1.10. The van der Waals surface area contributed by atoms with E-state index in [1.165, 1.54) is 12.3 Å². The Hall–Kier alpha value is -1.95. The van der Waals surface area contributed by atoms with Crippen LogP contribution < -0.4 is 0 Å². The van der Waals surface area contributed by atoms with Gasteiger partial charge in [0.05, 0.1) is 22.1 Å². The van der Waals surface area contributed by atoms with Gasteiger partial charge in [-0.2, -0.15) is 13.2 Å². The summed E-state index contributed by atoms with van der Waals surface area (Å²) in [6, 6.07) is 3.93. The van der Waals surface area contributed by atoms with Crippen LogP contribution in [-0.2, 0) is 12.6 Å². The highest BCUT2D eigenvalue weighted by molar-refractivity contribution is 6.34. The molecule has 0 bridgehead atoms. The summed E-state index contributed by atoms with van der Waals surface area (Å²) in [5.74, 6) is 0. The average Bonchev–Trinajstić information content (AvgIpc) is 2.80. The van der Waals surface area contributed by atoms with Gasteiger partial charge < -0.3 is 0 Å². The van der Waals surface area contributed by atoms with Crippen LogP contribution in [0.2, 0.25) is 5.02 Å². The van der Waals surface area contributed by atoms with Crippen LogP contribution in [-0.4, -0.2) is 15.7 Å². The number of pyridine rings is 2. The maximum absolute atomic E-state index is 12.6. The summed E-state index contributed by atoms with van der Waals surface area (Å²) >= 11 is 6.01. The Morgan fingerprint density at radius 2 is 1.95 bits per heavy atom. The van der Waals surface area contributed by atoms with Crippen LogP contribution in [0, 0.1) is 0 Å². The predicted molar refractivity (Wildman–Crippen MR) is 68.4 cm³/mol. The number of alkyl halides is 3. The van der Waals surface area contributed by atoms with E-state index in [0.717, 1.165) is 6.07 Å². The molecule has 0 saturated heterocycles. The third kappa shape index (κ3) is 2.27. The molecule has 3 nitrogen and oxygen atoms in total. The van der Waals surface area contributed by atoms with E-state index in [-0.39, 0.29) is 6.42 Å². The van der Waals surface area contributed by atoms with Gasteiger partial charge in [0.1, 0.15) is 5.69 Å². The summed E-state index contributed by atoms with van der Waals surface area (Å²) in [4.78, 5) is 11.8. The van der Waals surface area contributed by atoms with Crippen molar-refractivity contribution in [1.29, 1.82) is 0 Å². The van der Waals surface area contributed by atoms with Crippen LogP contribution in [0.15, 0.2) is 35.6 Å². The third-order valence-electron chi connectivity index (χ3n) is 2.91. The molecular weight excluding hydrogens is 291 g/mol. The number of hydrogen-bond donors (Lipinski definition) is 0. The minimum Gasteiger partial charge on any atom is -0.263 e. The van der Waals surface area contributed by atoms with E-state index in [4.69, 9.17) is 11.6 Å². The van der Waals surface area contributed by atoms with Crippen LogP contribution >= 0.6 is 11.6 Å². The van der Waals surface area contributed by atoms with Crippen molar-refractivity contribution in [2.45, 2.75) is 12.6 Å². The van der Waals surface area contributed by atoms with Gasteiger partial charge in [-0.15, -0.1) is 0 Å². The molecule has 0 atom stereocenters. The number of fused-ring (bicyclic) bond motifs is 1. The Morgan fingerprint density at radius 3 is 2.65 bits per heavy atom. The van der Waals surface area contributed by atoms with Crippen molar-refractivity contribution in [3.63, 3.8) is 0 Å². The molecule has 1 aliphatic heterocycles. The molecule has 3 rings (SSSR count). The molecule has 0 fully saturated rings. The van der Waals surface area contributed by atoms with Gasteiger partial charge in [-0.3, -0.25) is 9.98 Å². The van der Waals surface area contributed by atoms with Crippen LogP contribution in [0.25, 0.3) is 0 Å². The summed E-state index contributed by atoms with van der Waals surface area (Å²) in [5, 5.41) is 0.412. The Kier molecular flexibility index (Phi) is 2.97. The molecule has 20 heavy (non-hydrogen) atoms. The van der Waals surface area contributed by atoms with E-state index in [0.29, 0.717) is 27.7 Å². The molecule has 0 aliphatic carbocycles. The van der Waals surface area contributed by atoms with Crippen molar-refractivity contribution >= 4 is 23.0 Å². The van der Waals surface area contributed by atoms with E-state index in [9.17, 15) is 13.2 Å². The van der Waals surface area contributed by atoms with Crippen LogP contribution in [0.1, 0.15) is 17.0 Å². The smallest absolute Gasteiger partial charge is 0.263 e. The maximum atomic E-state index is 12.6. The zero-order valence-electron chi connectivity index (χ0n) is 9.95.